The molecule has 2 aromatic heterocycles. The largest absolute Gasteiger partial charge is 0.272 e. The van der Waals surface area contributed by atoms with Gasteiger partial charge in [-0.2, -0.15) is 5.10 Å². The molecular weight excluding hydrogens is 246 g/mol. The summed E-state index contributed by atoms with van der Waals surface area (Å²) < 4.78 is 0. The first-order chi connectivity index (χ1) is 8.79. The van der Waals surface area contributed by atoms with Crippen molar-refractivity contribution < 1.29 is 4.79 Å². The molecule has 0 aliphatic carbocycles. The van der Waals surface area contributed by atoms with Gasteiger partial charge in [0.15, 0.2) is 0 Å². The summed E-state index contributed by atoms with van der Waals surface area (Å²) in [6.45, 7) is 2.06. The Kier molecular flexibility index (Phi) is 4.20. The van der Waals surface area contributed by atoms with Crippen molar-refractivity contribution in [3.8, 4) is 0 Å². The number of amides is 1. The van der Waals surface area contributed by atoms with Crippen LogP contribution in [-0.2, 0) is 6.42 Å². The van der Waals surface area contributed by atoms with Crippen LogP contribution >= 0.6 is 11.3 Å². The number of nitrogens with one attached hydrogen (secondary N) is 1. The van der Waals surface area contributed by atoms with Crippen molar-refractivity contribution >= 4 is 23.5 Å². The van der Waals surface area contributed by atoms with Gasteiger partial charge >= 0.3 is 0 Å². The third-order valence-corrected chi connectivity index (χ3v) is 3.43. The number of aromatic nitrogens is 1. The Labute approximate surface area is 109 Å². The van der Waals surface area contributed by atoms with Crippen molar-refractivity contribution in [3.05, 3.63) is 52.0 Å². The summed E-state index contributed by atoms with van der Waals surface area (Å²) in [4.78, 5) is 16.8. The SMILES string of the molecule is CCc1cc(C(=O)N/N=C\c2ccncc2)cs1. The Balaban J connectivity index is 1.94. The molecule has 0 bridgehead atoms. The van der Waals surface area contributed by atoms with E-state index in [1.165, 1.54) is 4.88 Å². The van der Waals surface area contributed by atoms with Gasteiger partial charge in [-0.15, -0.1) is 11.3 Å². The number of rotatable bonds is 4. The van der Waals surface area contributed by atoms with Gasteiger partial charge in [-0.3, -0.25) is 9.78 Å². The van der Waals surface area contributed by atoms with Crippen LogP contribution in [-0.4, -0.2) is 17.1 Å². The molecule has 2 heterocycles. The molecule has 0 aromatic carbocycles. The average molecular weight is 259 g/mol. The van der Waals surface area contributed by atoms with E-state index in [1.807, 2.05) is 23.6 Å². The van der Waals surface area contributed by atoms with E-state index in [9.17, 15) is 4.79 Å². The van der Waals surface area contributed by atoms with E-state index < -0.39 is 0 Å². The summed E-state index contributed by atoms with van der Waals surface area (Å²) >= 11 is 1.59. The molecule has 0 radical (unpaired) electrons. The van der Waals surface area contributed by atoms with Crippen LogP contribution < -0.4 is 5.43 Å². The maximum Gasteiger partial charge on any atom is 0.272 e. The van der Waals surface area contributed by atoms with Gasteiger partial charge in [0, 0.05) is 22.7 Å². The summed E-state index contributed by atoms with van der Waals surface area (Å²) in [5.74, 6) is -0.184. The van der Waals surface area contributed by atoms with Crippen molar-refractivity contribution in [2.45, 2.75) is 13.3 Å². The lowest BCUT2D eigenvalue weighted by molar-refractivity contribution is 0.0955. The molecule has 5 heteroatoms. The van der Waals surface area contributed by atoms with Crippen molar-refractivity contribution in [2.24, 2.45) is 5.10 Å². The van der Waals surface area contributed by atoms with Crippen LogP contribution in [0.3, 0.4) is 0 Å². The molecule has 18 heavy (non-hydrogen) atoms. The Bertz CT molecular complexity index is 548. The fourth-order valence-corrected chi connectivity index (χ4v) is 2.18. The number of pyridine rings is 1. The van der Waals surface area contributed by atoms with Gasteiger partial charge in [-0.25, -0.2) is 5.43 Å². The first-order valence-corrected chi connectivity index (χ1v) is 6.48. The third-order valence-electron chi connectivity index (χ3n) is 2.35. The van der Waals surface area contributed by atoms with Crippen LogP contribution in [0.4, 0.5) is 0 Å². The number of carbonyl (C=O) groups excluding carboxylic acids is 1. The molecule has 0 aliphatic heterocycles. The van der Waals surface area contributed by atoms with Crippen LogP contribution in [0.1, 0.15) is 27.7 Å². The molecule has 0 unspecified atom stereocenters. The minimum atomic E-state index is -0.184. The quantitative estimate of drug-likeness (QED) is 0.677. The molecule has 0 spiro atoms. The number of hydrogen-bond donors (Lipinski definition) is 1. The van der Waals surface area contributed by atoms with Gasteiger partial charge in [0.25, 0.3) is 5.91 Å². The van der Waals surface area contributed by atoms with E-state index >= 15 is 0 Å². The van der Waals surface area contributed by atoms with Gasteiger partial charge in [0.05, 0.1) is 11.8 Å². The van der Waals surface area contributed by atoms with Crippen LogP contribution in [0, 0.1) is 0 Å². The number of carbonyl (C=O) groups is 1. The second-order valence-corrected chi connectivity index (χ2v) is 4.63. The van der Waals surface area contributed by atoms with E-state index in [0.29, 0.717) is 5.56 Å². The van der Waals surface area contributed by atoms with Crippen LogP contribution in [0.15, 0.2) is 41.1 Å². The highest BCUT2D eigenvalue weighted by Crippen LogP contribution is 2.14. The smallest absolute Gasteiger partial charge is 0.267 e. The summed E-state index contributed by atoms with van der Waals surface area (Å²) in [6, 6.07) is 5.52. The molecule has 0 fully saturated rings. The lowest BCUT2D eigenvalue weighted by Gasteiger charge is -1.95. The lowest BCUT2D eigenvalue weighted by atomic mass is 10.3. The molecule has 1 N–H and O–H groups in total. The first-order valence-electron chi connectivity index (χ1n) is 5.60. The second kappa shape index (κ2) is 6.07. The van der Waals surface area contributed by atoms with E-state index in [1.54, 1.807) is 29.9 Å². The molecular formula is C13H13N3OS. The van der Waals surface area contributed by atoms with Gasteiger partial charge in [0.1, 0.15) is 0 Å². The minimum absolute atomic E-state index is 0.184. The van der Waals surface area contributed by atoms with Crippen molar-refractivity contribution in [3.63, 3.8) is 0 Å². The standard InChI is InChI=1S/C13H13N3OS/c1-2-12-7-11(9-18-12)13(17)16-15-8-10-3-5-14-6-4-10/h3-9H,2H2,1H3,(H,16,17)/b15-8-. The summed E-state index contributed by atoms with van der Waals surface area (Å²) in [5.41, 5.74) is 4.05. The molecule has 2 aromatic rings. The Hall–Kier alpha value is -2.01. The highest BCUT2D eigenvalue weighted by atomic mass is 32.1. The summed E-state index contributed by atoms with van der Waals surface area (Å²) in [7, 11) is 0. The predicted octanol–water partition coefficient (Wildman–Crippen LogP) is 2.47. The van der Waals surface area contributed by atoms with Gasteiger partial charge < -0.3 is 0 Å². The van der Waals surface area contributed by atoms with Crippen LogP contribution in [0.5, 0.6) is 0 Å². The van der Waals surface area contributed by atoms with Crippen molar-refractivity contribution in [1.82, 2.24) is 10.4 Å². The van der Waals surface area contributed by atoms with Crippen LogP contribution in [0.2, 0.25) is 0 Å². The molecule has 0 aliphatic rings. The maximum atomic E-state index is 11.7. The van der Waals surface area contributed by atoms with E-state index in [4.69, 9.17) is 0 Å². The highest BCUT2D eigenvalue weighted by Gasteiger charge is 2.06. The monoisotopic (exact) mass is 259 g/mol. The fourth-order valence-electron chi connectivity index (χ4n) is 1.36. The summed E-state index contributed by atoms with van der Waals surface area (Å²) in [6.07, 6.45) is 5.88. The zero-order valence-corrected chi connectivity index (χ0v) is 10.8. The Morgan fingerprint density at radius 3 is 2.94 bits per heavy atom. The third kappa shape index (κ3) is 3.24. The molecule has 4 nitrogen and oxygen atoms in total. The number of nitrogens with zero attached hydrogens (tertiary/aromatic N) is 2. The lowest BCUT2D eigenvalue weighted by Crippen LogP contribution is -2.16. The topological polar surface area (TPSA) is 54.4 Å². The van der Waals surface area contributed by atoms with Crippen molar-refractivity contribution in [1.29, 1.82) is 0 Å². The number of aryl methyl sites for hydroxylation is 1. The van der Waals surface area contributed by atoms with Gasteiger partial charge in [-0.05, 0) is 30.2 Å². The normalized spacial score (nSPS) is 10.7. The van der Waals surface area contributed by atoms with E-state index in [0.717, 1.165) is 12.0 Å². The molecule has 0 atom stereocenters. The molecule has 2 rings (SSSR count). The second-order valence-electron chi connectivity index (χ2n) is 3.63. The maximum absolute atomic E-state index is 11.7. The minimum Gasteiger partial charge on any atom is -0.267 e. The molecule has 0 saturated carbocycles. The zero-order valence-electron chi connectivity index (χ0n) is 9.96. The highest BCUT2D eigenvalue weighted by molar-refractivity contribution is 7.10. The number of thiophene rings is 1. The number of hydrogen-bond acceptors (Lipinski definition) is 4. The Morgan fingerprint density at radius 1 is 1.50 bits per heavy atom. The average Bonchev–Trinajstić information content (AvgIpc) is 2.89. The van der Waals surface area contributed by atoms with E-state index in [2.05, 4.69) is 22.4 Å². The molecule has 0 saturated heterocycles. The molecule has 1 amide bonds. The zero-order chi connectivity index (χ0) is 12.8. The number of hydrazone groups is 1. The van der Waals surface area contributed by atoms with Gasteiger partial charge in [0.2, 0.25) is 0 Å². The van der Waals surface area contributed by atoms with E-state index in [-0.39, 0.29) is 5.91 Å². The first kappa shape index (κ1) is 12.4. The Morgan fingerprint density at radius 2 is 2.28 bits per heavy atom. The summed E-state index contributed by atoms with van der Waals surface area (Å²) in [5, 5.41) is 5.75. The predicted molar refractivity (Wildman–Crippen MR) is 73.0 cm³/mol. The van der Waals surface area contributed by atoms with Gasteiger partial charge in [-0.1, -0.05) is 6.92 Å². The molecule has 92 valence electrons. The van der Waals surface area contributed by atoms with Crippen molar-refractivity contribution in [2.75, 3.05) is 0 Å². The van der Waals surface area contributed by atoms with Crippen LogP contribution in [0.25, 0.3) is 0 Å². The fraction of sp³-hybridized carbons (Fsp3) is 0.154.